The van der Waals surface area contributed by atoms with E-state index in [1.165, 1.54) is 4.90 Å². The lowest BCUT2D eigenvalue weighted by molar-refractivity contribution is -0.129. The summed E-state index contributed by atoms with van der Waals surface area (Å²) in [5.41, 5.74) is 3.77. The summed E-state index contributed by atoms with van der Waals surface area (Å²) in [4.78, 5) is 38.5. The van der Waals surface area contributed by atoms with Gasteiger partial charge in [-0.25, -0.2) is 4.98 Å². The summed E-state index contributed by atoms with van der Waals surface area (Å²) in [6.45, 7) is 5.56. The average Bonchev–Trinajstić information content (AvgIpc) is 3.45. The fraction of sp³-hybridized carbons (Fsp3) is 0.472. The summed E-state index contributed by atoms with van der Waals surface area (Å²) in [5, 5.41) is 10.0. The molecule has 47 heavy (non-hydrogen) atoms. The van der Waals surface area contributed by atoms with E-state index in [9.17, 15) is 14.7 Å². The van der Waals surface area contributed by atoms with Crippen molar-refractivity contribution in [1.29, 1.82) is 0 Å². The Labute approximate surface area is 281 Å². The number of pyridine rings is 1. The van der Waals surface area contributed by atoms with Crippen LogP contribution >= 0.6 is 11.6 Å². The number of halogens is 1. The Morgan fingerprint density at radius 3 is 2.38 bits per heavy atom. The number of aliphatic hydroxyl groups is 1. The number of ether oxygens (including phenoxy) is 2. The van der Waals surface area contributed by atoms with Crippen molar-refractivity contribution >= 4 is 34.9 Å². The van der Waals surface area contributed by atoms with Gasteiger partial charge in [0.15, 0.2) is 11.5 Å². The van der Waals surface area contributed by atoms with Gasteiger partial charge in [-0.3, -0.25) is 19.4 Å². The Morgan fingerprint density at radius 2 is 1.77 bits per heavy atom. The highest BCUT2D eigenvalue weighted by molar-refractivity contribution is 6.30. The second-order valence-electron chi connectivity index (χ2n) is 13.2. The molecule has 3 aliphatic rings. The number of anilines is 2. The Morgan fingerprint density at radius 1 is 1.02 bits per heavy atom. The normalized spacial score (nSPS) is 21.7. The summed E-state index contributed by atoms with van der Waals surface area (Å²) >= 11 is 6.27. The number of aromatic nitrogens is 1. The van der Waals surface area contributed by atoms with Crippen molar-refractivity contribution in [1.82, 2.24) is 14.8 Å². The molecule has 0 spiro atoms. The number of benzene rings is 2. The van der Waals surface area contributed by atoms with E-state index in [0.717, 1.165) is 54.6 Å². The van der Waals surface area contributed by atoms with Gasteiger partial charge in [-0.05, 0) is 98.5 Å². The van der Waals surface area contributed by atoms with E-state index in [0.29, 0.717) is 47.5 Å². The highest BCUT2D eigenvalue weighted by Gasteiger charge is 2.37. The zero-order valence-electron chi connectivity index (χ0n) is 27.6. The molecule has 2 amide bonds. The molecule has 1 aromatic heterocycles. The van der Waals surface area contributed by atoms with Gasteiger partial charge in [-0.2, -0.15) is 0 Å². The first-order valence-corrected chi connectivity index (χ1v) is 16.8. The van der Waals surface area contributed by atoms with Crippen LogP contribution < -0.4 is 19.3 Å². The van der Waals surface area contributed by atoms with Gasteiger partial charge in [-0.1, -0.05) is 23.7 Å². The second kappa shape index (κ2) is 14.1. The number of hydrogen-bond acceptors (Lipinski definition) is 8. The molecule has 6 rings (SSSR count). The molecule has 3 heterocycles. The highest BCUT2D eigenvalue weighted by Crippen LogP contribution is 2.43. The minimum Gasteiger partial charge on any atom is -0.493 e. The van der Waals surface area contributed by atoms with Crippen molar-refractivity contribution in [3.05, 3.63) is 76.4 Å². The van der Waals surface area contributed by atoms with Crippen LogP contribution in [-0.4, -0.2) is 84.5 Å². The van der Waals surface area contributed by atoms with Gasteiger partial charge in [0, 0.05) is 24.7 Å². The van der Waals surface area contributed by atoms with Crippen molar-refractivity contribution < 1.29 is 24.2 Å². The molecule has 0 bridgehead atoms. The molecular formula is C36H44ClN5O5. The molecule has 10 nitrogen and oxygen atoms in total. The molecule has 2 aromatic carbocycles. The van der Waals surface area contributed by atoms with E-state index in [2.05, 4.69) is 16.8 Å². The van der Waals surface area contributed by atoms with E-state index in [4.69, 9.17) is 26.1 Å². The van der Waals surface area contributed by atoms with Crippen LogP contribution in [0.4, 0.5) is 11.5 Å². The molecule has 3 aromatic rings. The van der Waals surface area contributed by atoms with Crippen LogP contribution in [0, 0.1) is 5.92 Å². The number of methoxy groups -OCH3 is 1. The van der Waals surface area contributed by atoms with Gasteiger partial charge in [-0.15, -0.1) is 0 Å². The number of carbonyl (C=O) groups excluding carboxylic acids is 2. The fourth-order valence-electron chi connectivity index (χ4n) is 7.22. The van der Waals surface area contributed by atoms with E-state index < -0.39 is 6.04 Å². The van der Waals surface area contributed by atoms with Crippen molar-refractivity contribution in [3.63, 3.8) is 0 Å². The maximum absolute atomic E-state index is 13.9. The predicted molar refractivity (Wildman–Crippen MR) is 182 cm³/mol. The van der Waals surface area contributed by atoms with Crippen molar-refractivity contribution in [2.24, 2.45) is 5.92 Å². The molecule has 1 atom stereocenters. The van der Waals surface area contributed by atoms with Crippen LogP contribution in [0.3, 0.4) is 0 Å². The van der Waals surface area contributed by atoms with Crippen LogP contribution in [0.1, 0.15) is 62.3 Å². The predicted octanol–water partition coefficient (Wildman–Crippen LogP) is 5.26. The van der Waals surface area contributed by atoms with Crippen LogP contribution in [-0.2, 0) is 16.0 Å². The summed E-state index contributed by atoms with van der Waals surface area (Å²) in [7, 11) is 3.70. The lowest BCUT2D eigenvalue weighted by atomic mass is 9.85. The van der Waals surface area contributed by atoms with Gasteiger partial charge < -0.3 is 24.4 Å². The maximum Gasteiger partial charge on any atom is 0.239 e. The number of aliphatic hydroxyl groups excluding tert-OH is 1. The molecule has 1 N–H and O–H groups in total. The molecule has 250 valence electrons. The molecular weight excluding hydrogens is 618 g/mol. The number of rotatable bonds is 10. The smallest absolute Gasteiger partial charge is 0.239 e. The zero-order chi connectivity index (χ0) is 33.2. The van der Waals surface area contributed by atoms with Gasteiger partial charge in [0.2, 0.25) is 11.8 Å². The van der Waals surface area contributed by atoms with Gasteiger partial charge in [0.25, 0.3) is 0 Å². The van der Waals surface area contributed by atoms with E-state index in [1.54, 1.807) is 12.0 Å². The minimum absolute atomic E-state index is 0.00498. The quantitative estimate of drug-likeness (QED) is 0.315. The van der Waals surface area contributed by atoms with Crippen molar-refractivity contribution in [2.45, 2.75) is 64.1 Å². The SMILES string of the molecule is COc1cc2c(cc1OC(C)C)[C@H](c1ccc(Cl)cc1)N(c1ccc(N(C)C[C@H]3CC[C@H](N4CC(=O)N(CO)C4)CC3)cn1)C(=O)C2. The monoisotopic (exact) mass is 661 g/mol. The maximum atomic E-state index is 13.9. The number of amides is 2. The first-order valence-electron chi connectivity index (χ1n) is 16.4. The standard InChI is InChI=1S/C36H44ClN5O5/c1-23(2)47-32-17-30-26(15-31(32)46-4)16-34(44)42(36(30)25-7-9-27(37)10-8-25)33-14-13-29(18-38-33)39(3)19-24-5-11-28(12-6-24)40-20-35(45)41(21-40)22-43/h7-10,13-15,17-18,23-24,28,36,43H,5-6,11-12,16,19-22H2,1-4H3/t24-,28-,36-/m0/s1. The van der Waals surface area contributed by atoms with Crippen molar-refractivity contribution in [3.8, 4) is 11.5 Å². The first kappa shape index (κ1) is 33.1. The lowest BCUT2D eigenvalue weighted by Gasteiger charge is -2.38. The molecule has 0 radical (unpaired) electrons. The Hall–Kier alpha value is -3.86. The topological polar surface area (TPSA) is 98.7 Å². The zero-order valence-corrected chi connectivity index (χ0v) is 28.3. The third kappa shape index (κ3) is 7.05. The van der Waals surface area contributed by atoms with E-state index in [1.807, 2.05) is 68.6 Å². The fourth-order valence-corrected chi connectivity index (χ4v) is 7.34. The largest absolute Gasteiger partial charge is 0.493 e. The third-order valence-electron chi connectivity index (χ3n) is 9.64. The van der Waals surface area contributed by atoms with E-state index in [-0.39, 0.29) is 31.1 Å². The third-order valence-corrected chi connectivity index (χ3v) is 9.89. The Balaban J connectivity index is 1.19. The van der Waals surface area contributed by atoms with Crippen LogP contribution in [0.25, 0.3) is 0 Å². The van der Waals surface area contributed by atoms with Crippen LogP contribution in [0.15, 0.2) is 54.7 Å². The summed E-state index contributed by atoms with van der Waals surface area (Å²) in [6, 6.07) is 15.4. The molecule has 0 unspecified atom stereocenters. The summed E-state index contributed by atoms with van der Waals surface area (Å²) in [5.74, 6) is 2.31. The number of hydrogen-bond donors (Lipinski definition) is 1. The summed E-state index contributed by atoms with van der Waals surface area (Å²) < 4.78 is 11.8. The average molecular weight is 662 g/mol. The number of nitrogens with zero attached hydrogens (tertiary/aromatic N) is 5. The van der Waals surface area contributed by atoms with Crippen molar-refractivity contribution in [2.75, 3.05) is 50.4 Å². The Kier molecular flexibility index (Phi) is 9.91. The van der Waals surface area contributed by atoms with E-state index >= 15 is 0 Å². The van der Waals surface area contributed by atoms with Gasteiger partial charge in [0.1, 0.15) is 12.5 Å². The molecule has 1 saturated heterocycles. The Bertz CT molecular complexity index is 1580. The lowest BCUT2D eigenvalue weighted by Crippen LogP contribution is -2.41. The number of fused-ring (bicyclic) bond motifs is 1. The number of carbonyl (C=O) groups is 2. The molecule has 1 aliphatic carbocycles. The van der Waals surface area contributed by atoms with Crippen LogP contribution in [0.5, 0.6) is 11.5 Å². The second-order valence-corrected chi connectivity index (χ2v) is 13.6. The minimum atomic E-state index is -0.425. The highest BCUT2D eigenvalue weighted by atomic mass is 35.5. The van der Waals surface area contributed by atoms with Gasteiger partial charge in [0.05, 0.1) is 50.8 Å². The van der Waals surface area contributed by atoms with Gasteiger partial charge >= 0.3 is 0 Å². The summed E-state index contributed by atoms with van der Waals surface area (Å²) in [6.07, 6.45) is 6.28. The molecule has 11 heteroatoms. The molecule has 1 saturated carbocycles. The van der Waals surface area contributed by atoms with Crippen LogP contribution in [0.2, 0.25) is 5.02 Å². The first-order chi connectivity index (χ1) is 22.6. The molecule has 2 aliphatic heterocycles. The molecule has 2 fully saturated rings.